The molecule has 0 spiro atoms. The summed E-state index contributed by atoms with van der Waals surface area (Å²) in [6, 6.07) is 17.2. The average Bonchev–Trinajstić information content (AvgIpc) is 3.05. The first kappa shape index (κ1) is 15.2. The molecule has 2 aromatic carbocycles. The number of aromatic amines is 1. The minimum atomic E-state index is -0.429. The van der Waals surface area contributed by atoms with E-state index in [0.29, 0.717) is 5.69 Å². The fourth-order valence-electron chi connectivity index (χ4n) is 2.99. The minimum Gasteiger partial charge on any atom is -0.497 e. The van der Waals surface area contributed by atoms with Crippen LogP contribution >= 0.6 is 0 Å². The lowest BCUT2D eigenvalue weighted by Gasteiger charge is -2.07. The minimum absolute atomic E-state index is 0.269. The monoisotopic (exact) mass is 332 g/mol. The van der Waals surface area contributed by atoms with Crippen LogP contribution in [0.1, 0.15) is 10.5 Å². The Labute approximate surface area is 143 Å². The second kappa shape index (κ2) is 5.92. The van der Waals surface area contributed by atoms with Crippen molar-refractivity contribution in [1.29, 1.82) is 0 Å². The summed E-state index contributed by atoms with van der Waals surface area (Å²) in [6.45, 7) is 0. The lowest BCUT2D eigenvalue weighted by atomic mass is 10.1. The van der Waals surface area contributed by atoms with E-state index in [-0.39, 0.29) is 5.69 Å². The third-order valence-corrected chi connectivity index (χ3v) is 4.22. The normalized spacial score (nSPS) is 11.0. The van der Waals surface area contributed by atoms with Crippen LogP contribution in [0.2, 0.25) is 0 Å². The number of carbonyl (C=O) groups excluding carboxylic acids is 1. The predicted octanol–water partition coefficient (Wildman–Crippen LogP) is 3.00. The van der Waals surface area contributed by atoms with E-state index in [9.17, 15) is 4.79 Å². The molecule has 1 amide bonds. The van der Waals surface area contributed by atoms with Gasteiger partial charge in [-0.1, -0.05) is 18.2 Å². The number of nitrogen functional groups attached to an aromatic ring is 1. The highest BCUT2D eigenvalue weighted by molar-refractivity contribution is 6.13. The molecule has 0 aliphatic carbocycles. The predicted molar refractivity (Wildman–Crippen MR) is 97.2 cm³/mol. The van der Waals surface area contributed by atoms with Crippen LogP contribution in [-0.4, -0.2) is 23.0 Å². The van der Waals surface area contributed by atoms with E-state index in [1.807, 2.05) is 48.5 Å². The van der Waals surface area contributed by atoms with Crippen LogP contribution in [0.4, 0.5) is 0 Å². The zero-order valence-corrected chi connectivity index (χ0v) is 13.5. The number of nitrogens with two attached hydrogens (primary N) is 1. The van der Waals surface area contributed by atoms with Crippen LogP contribution in [0.15, 0.2) is 54.6 Å². The van der Waals surface area contributed by atoms with E-state index in [1.54, 1.807) is 13.2 Å². The molecule has 124 valence electrons. The molecule has 0 saturated heterocycles. The summed E-state index contributed by atoms with van der Waals surface area (Å²) in [5.41, 5.74) is 5.85. The summed E-state index contributed by atoms with van der Waals surface area (Å²) in [6.07, 6.45) is 0. The lowest BCUT2D eigenvalue weighted by molar-refractivity contribution is 0.0949. The first-order chi connectivity index (χ1) is 12.2. The Kier molecular flexibility index (Phi) is 3.59. The van der Waals surface area contributed by atoms with Gasteiger partial charge in [-0.05, 0) is 36.4 Å². The van der Waals surface area contributed by atoms with Gasteiger partial charge in [0.1, 0.15) is 11.4 Å². The average molecular weight is 332 g/mol. The molecule has 0 bridgehead atoms. The zero-order valence-electron chi connectivity index (χ0n) is 13.5. The number of rotatable bonds is 3. The van der Waals surface area contributed by atoms with Gasteiger partial charge in [-0.3, -0.25) is 10.2 Å². The number of aromatic nitrogens is 2. The van der Waals surface area contributed by atoms with Crippen LogP contribution in [0.5, 0.6) is 5.75 Å². The molecule has 25 heavy (non-hydrogen) atoms. The number of fused-ring (bicyclic) bond motifs is 3. The second-order valence-electron chi connectivity index (χ2n) is 5.65. The van der Waals surface area contributed by atoms with Crippen LogP contribution < -0.4 is 16.0 Å². The highest BCUT2D eigenvalue weighted by Gasteiger charge is 2.16. The van der Waals surface area contributed by atoms with Crippen LogP contribution in [0, 0.1) is 0 Å². The zero-order chi connectivity index (χ0) is 17.4. The SMILES string of the molecule is COc1ccc(-c2nc(C(=O)NN)cc3c2[nH]c2ccccc23)cc1. The van der Waals surface area contributed by atoms with Gasteiger partial charge in [-0.15, -0.1) is 0 Å². The third-order valence-electron chi connectivity index (χ3n) is 4.22. The van der Waals surface area contributed by atoms with Gasteiger partial charge in [0, 0.05) is 21.9 Å². The molecule has 0 unspecified atom stereocenters. The molecule has 0 atom stereocenters. The van der Waals surface area contributed by atoms with E-state index in [2.05, 4.69) is 15.4 Å². The quantitative estimate of drug-likeness (QED) is 0.305. The summed E-state index contributed by atoms with van der Waals surface area (Å²) in [4.78, 5) is 20.0. The Morgan fingerprint density at radius 2 is 1.88 bits per heavy atom. The van der Waals surface area contributed by atoms with Gasteiger partial charge >= 0.3 is 0 Å². The number of nitrogens with one attached hydrogen (secondary N) is 2. The first-order valence-corrected chi connectivity index (χ1v) is 7.78. The molecule has 2 heterocycles. The van der Waals surface area contributed by atoms with Crippen molar-refractivity contribution in [2.75, 3.05) is 7.11 Å². The third kappa shape index (κ3) is 2.49. The molecule has 0 saturated carbocycles. The Hall–Kier alpha value is -3.38. The summed E-state index contributed by atoms with van der Waals surface area (Å²) in [7, 11) is 1.62. The Balaban J connectivity index is 2.04. The van der Waals surface area contributed by atoms with Crippen molar-refractivity contribution in [3.8, 4) is 17.0 Å². The van der Waals surface area contributed by atoms with Gasteiger partial charge in [0.05, 0.1) is 18.3 Å². The molecule has 4 N–H and O–H groups in total. The highest BCUT2D eigenvalue weighted by Crippen LogP contribution is 2.33. The van der Waals surface area contributed by atoms with Crippen LogP contribution in [0.25, 0.3) is 33.1 Å². The standard InChI is InChI=1S/C19H16N4O2/c1-25-12-8-6-11(7-9-12)17-18-14(10-16(22-17)19(24)23-20)13-4-2-3-5-15(13)21-18/h2-10,21H,20H2,1H3,(H,23,24). The molecule has 0 aliphatic heterocycles. The number of para-hydroxylation sites is 1. The number of nitrogens with zero attached hydrogens (tertiary/aromatic N) is 1. The molecule has 6 nitrogen and oxygen atoms in total. The van der Waals surface area contributed by atoms with Crippen molar-refractivity contribution in [1.82, 2.24) is 15.4 Å². The van der Waals surface area contributed by atoms with Crippen molar-refractivity contribution in [3.05, 3.63) is 60.3 Å². The van der Waals surface area contributed by atoms with E-state index in [0.717, 1.165) is 33.1 Å². The van der Waals surface area contributed by atoms with Gasteiger partial charge in [0.15, 0.2) is 0 Å². The second-order valence-corrected chi connectivity index (χ2v) is 5.65. The molecule has 0 radical (unpaired) electrons. The van der Waals surface area contributed by atoms with E-state index in [1.165, 1.54) is 0 Å². The van der Waals surface area contributed by atoms with Crippen molar-refractivity contribution < 1.29 is 9.53 Å². The number of hydrogen-bond acceptors (Lipinski definition) is 4. The number of benzene rings is 2. The molecular formula is C19H16N4O2. The molecule has 4 aromatic rings. The number of hydrazine groups is 1. The Morgan fingerprint density at radius 3 is 2.60 bits per heavy atom. The topological polar surface area (TPSA) is 93.0 Å². The van der Waals surface area contributed by atoms with Crippen molar-refractivity contribution in [2.45, 2.75) is 0 Å². The highest BCUT2D eigenvalue weighted by atomic mass is 16.5. The maximum atomic E-state index is 12.1. The number of carbonyl (C=O) groups is 1. The largest absolute Gasteiger partial charge is 0.497 e. The number of amides is 1. The van der Waals surface area contributed by atoms with Crippen molar-refractivity contribution in [3.63, 3.8) is 0 Å². The fourth-order valence-corrected chi connectivity index (χ4v) is 2.99. The maximum absolute atomic E-state index is 12.1. The van der Waals surface area contributed by atoms with Crippen molar-refractivity contribution >= 4 is 27.7 Å². The van der Waals surface area contributed by atoms with Gasteiger partial charge < -0.3 is 9.72 Å². The summed E-state index contributed by atoms with van der Waals surface area (Å²) in [5, 5.41) is 1.95. The molecule has 0 fully saturated rings. The molecule has 2 aromatic heterocycles. The molecule has 6 heteroatoms. The number of H-pyrrole nitrogens is 1. The summed E-state index contributed by atoms with van der Waals surface area (Å²) in [5.74, 6) is 5.63. The first-order valence-electron chi connectivity index (χ1n) is 7.78. The van der Waals surface area contributed by atoms with Gasteiger partial charge in [0.2, 0.25) is 0 Å². The molecule has 0 aliphatic rings. The van der Waals surface area contributed by atoms with Gasteiger partial charge in [-0.25, -0.2) is 10.8 Å². The number of hydrogen-bond donors (Lipinski definition) is 3. The summed E-state index contributed by atoms with van der Waals surface area (Å²) >= 11 is 0. The smallest absolute Gasteiger partial charge is 0.283 e. The number of ether oxygens (including phenoxy) is 1. The molecule has 4 rings (SSSR count). The van der Waals surface area contributed by atoms with Crippen molar-refractivity contribution in [2.24, 2.45) is 5.84 Å². The van der Waals surface area contributed by atoms with Crippen LogP contribution in [-0.2, 0) is 0 Å². The van der Waals surface area contributed by atoms with Gasteiger partial charge in [-0.2, -0.15) is 0 Å². The Morgan fingerprint density at radius 1 is 1.12 bits per heavy atom. The van der Waals surface area contributed by atoms with E-state index in [4.69, 9.17) is 10.6 Å². The van der Waals surface area contributed by atoms with Gasteiger partial charge in [0.25, 0.3) is 5.91 Å². The number of methoxy groups -OCH3 is 1. The fraction of sp³-hybridized carbons (Fsp3) is 0.0526. The summed E-state index contributed by atoms with van der Waals surface area (Å²) < 4.78 is 5.21. The Bertz CT molecular complexity index is 1080. The lowest BCUT2D eigenvalue weighted by Crippen LogP contribution is -2.30. The van der Waals surface area contributed by atoms with Crippen LogP contribution in [0.3, 0.4) is 0 Å². The maximum Gasteiger partial charge on any atom is 0.283 e. The van der Waals surface area contributed by atoms with E-state index >= 15 is 0 Å². The number of pyridine rings is 1. The molecular weight excluding hydrogens is 316 g/mol. The van der Waals surface area contributed by atoms with E-state index < -0.39 is 5.91 Å².